The van der Waals surface area contributed by atoms with Crippen LogP contribution in [0.1, 0.15) is 30.9 Å². The van der Waals surface area contributed by atoms with Gasteiger partial charge in [-0.05, 0) is 38.0 Å². The van der Waals surface area contributed by atoms with Gasteiger partial charge in [-0.3, -0.25) is 9.59 Å². The zero-order valence-corrected chi connectivity index (χ0v) is 14.5. The van der Waals surface area contributed by atoms with Crippen molar-refractivity contribution in [2.45, 2.75) is 31.5 Å². The van der Waals surface area contributed by atoms with Gasteiger partial charge in [0, 0.05) is 5.02 Å². The normalized spacial score (nSPS) is 13.4. The molecule has 1 rings (SSSR count). The van der Waals surface area contributed by atoms with Gasteiger partial charge in [0.2, 0.25) is 0 Å². The van der Waals surface area contributed by atoms with Gasteiger partial charge in [0.1, 0.15) is 10.7 Å². The molecule has 0 unspecified atom stereocenters. The third kappa shape index (κ3) is 4.71. The maximum Gasteiger partial charge on any atom is 0.320 e. The van der Waals surface area contributed by atoms with E-state index in [-0.39, 0.29) is 13.2 Å². The molecule has 0 radical (unpaired) electrons. The SMILES string of the molecule is CCOC(=O)[C@@H](Br)[C@H](C(=O)OCC)c1ccc(C)c(Cl)c1. The molecule has 1 aromatic carbocycles. The lowest BCUT2D eigenvalue weighted by molar-refractivity contribution is -0.150. The minimum absolute atomic E-state index is 0.234. The molecule has 0 bridgehead atoms. The zero-order valence-electron chi connectivity index (χ0n) is 12.2. The molecule has 0 heterocycles. The summed E-state index contributed by atoms with van der Waals surface area (Å²) in [6.45, 7) is 5.76. The first kappa shape index (κ1) is 18.0. The second-order valence-electron chi connectivity index (χ2n) is 4.39. The number of halogens is 2. The van der Waals surface area contributed by atoms with Crippen molar-refractivity contribution in [2.24, 2.45) is 0 Å². The first-order valence-corrected chi connectivity index (χ1v) is 7.95. The molecule has 21 heavy (non-hydrogen) atoms. The van der Waals surface area contributed by atoms with Crippen LogP contribution in [0.2, 0.25) is 5.02 Å². The van der Waals surface area contributed by atoms with Crippen LogP contribution in [-0.2, 0) is 19.1 Å². The van der Waals surface area contributed by atoms with E-state index in [1.165, 1.54) is 0 Å². The van der Waals surface area contributed by atoms with Gasteiger partial charge < -0.3 is 9.47 Å². The fourth-order valence-electron chi connectivity index (χ4n) is 1.82. The molecule has 0 aliphatic rings. The molecule has 0 N–H and O–H groups in total. The maximum absolute atomic E-state index is 12.2. The van der Waals surface area contributed by atoms with Crippen molar-refractivity contribution in [1.29, 1.82) is 0 Å². The summed E-state index contributed by atoms with van der Waals surface area (Å²) in [4.78, 5) is 23.3. The number of carbonyl (C=O) groups excluding carboxylic acids is 2. The maximum atomic E-state index is 12.2. The van der Waals surface area contributed by atoms with Crippen LogP contribution in [0.15, 0.2) is 18.2 Å². The molecule has 0 aromatic heterocycles. The lowest BCUT2D eigenvalue weighted by atomic mass is 9.95. The molecule has 0 amide bonds. The molecule has 0 saturated carbocycles. The van der Waals surface area contributed by atoms with Crippen molar-refractivity contribution in [2.75, 3.05) is 13.2 Å². The Morgan fingerprint density at radius 1 is 1.19 bits per heavy atom. The Morgan fingerprint density at radius 2 is 1.76 bits per heavy atom. The van der Waals surface area contributed by atoms with Crippen molar-refractivity contribution >= 4 is 39.5 Å². The fraction of sp³-hybridized carbons (Fsp3) is 0.467. The van der Waals surface area contributed by atoms with Crippen molar-refractivity contribution in [3.8, 4) is 0 Å². The third-order valence-corrected chi connectivity index (χ3v) is 4.21. The molecular weight excluding hydrogens is 360 g/mol. The Labute approximate surface area is 137 Å². The number of ether oxygens (including phenoxy) is 2. The lowest BCUT2D eigenvalue weighted by Gasteiger charge is -2.20. The molecule has 1 aromatic rings. The predicted octanol–water partition coefficient (Wildman–Crippen LogP) is 3.62. The van der Waals surface area contributed by atoms with E-state index in [9.17, 15) is 9.59 Å². The second-order valence-corrected chi connectivity index (χ2v) is 5.79. The molecule has 6 heteroatoms. The van der Waals surface area contributed by atoms with E-state index in [2.05, 4.69) is 15.9 Å². The zero-order chi connectivity index (χ0) is 16.0. The quantitative estimate of drug-likeness (QED) is 0.561. The average Bonchev–Trinajstić information content (AvgIpc) is 2.43. The van der Waals surface area contributed by atoms with Crippen LogP contribution in [0.5, 0.6) is 0 Å². The number of hydrogen-bond donors (Lipinski definition) is 0. The Kier molecular flexibility index (Phi) is 7.18. The van der Waals surface area contributed by atoms with E-state index in [4.69, 9.17) is 21.1 Å². The number of esters is 2. The number of aryl methyl sites for hydroxylation is 1. The summed E-state index contributed by atoms with van der Waals surface area (Å²) in [6, 6.07) is 5.23. The number of hydrogen-bond acceptors (Lipinski definition) is 4. The Morgan fingerprint density at radius 3 is 2.29 bits per heavy atom. The van der Waals surface area contributed by atoms with Crippen LogP contribution in [0.4, 0.5) is 0 Å². The predicted molar refractivity (Wildman–Crippen MR) is 84.9 cm³/mol. The summed E-state index contributed by atoms with van der Waals surface area (Å²) < 4.78 is 10.0. The number of carbonyl (C=O) groups is 2. The van der Waals surface area contributed by atoms with E-state index < -0.39 is 22.7 Å². The number of benzene rings is 1. The highest BCUT2D eigenvalue weighted by atomic mass is 79.9. The molecule has 0 aliphatic carbocycles. The highest BCUT2D eigenvalue weighted by Crippen LogP contribution is 2.30. The summed E-state index contributed by atoms with van der Waals surface area (Å²) in [6.07, 6.45) is 0. The summed E-state index contributed by atoms with van der Waals surface area (Å²) >= 11 is 9.34. The molecule has 0 aliphatic heterocycles. The molecule has 0 saturated heterocycles. The smallest absolute Gasteiger partial charge is 0.320 e. The van der Waals surface area contributed by atoms with Crippen molar-refractivity contribution in [3.05, 3.63) is 34.3 Å². The van der Waals surface area contributed by atoms with Gasteiger partial charge in [-0.15, -0.1) is 0 Å². The van der Waals surface area contributed by atoms with Crippen LogP contribution >= 0.6 is 27.5 Å². The van der Waals surface area contributed by atoms with Gasteiger partial charge in [-0.25, -0.2) is 0 Å². The Hall–Kier alpha value is -1.07. The summed E-state index contributed by atoms with van der Waals surface area (Å²) in [7, 11) is 0. The first-order chi connectivity index (χ1) is 9.92. The van der Waals surface area contributed by atoms with Crippen LogP contribution in [0, 0.1) is 6.92 Å². The fourth-order valence-corrected chi connectivity index (χ4v) is 2.66. The van der Waals surface area contributed by atoms with Crippen molar-refractivity contribution < 1.29 is 19.1 Å². The van der Waals surface area contributed by atoms with Crippen LogP contribution in [0.3, 0.4) is 0 Å². The lowest BCUT2D eigenvalue weighted by Crippen LogP contribution is -2.31. The van der Waals surface area contributed by atoms with Gasteiger partial charge >= 0.3 is 11.9 Å². The van der Waals surface area contributed by atoms with Gasteiger partial charge in [-0.1, -0.05) is 39.7 Å². The van der Waals surface area contributed by atoms with E-state index in [0.717, 1.165) is 5.56 Å². The summed E-state index contributed by atoms with van der Waals surface area (Å²) in [5.74, 6) is -1.80. The second kappa shape index (κ2) is 8.39. The van der Waals surface area contributed by atoms with Gasteiger partial charge in [0.15, 0.2) is 0 Å². The van der Waals surface area contributed by atoms with Gasteiger partial charge in [0.25, 0.3) is 0 Å². The Balaban J connectivity index is 3.15. The van der Waals surface area contributed by atoms with E-state index in [0.29, 0.717) is 10.6 Å². The van der Waals surface area contributed by atoms with Crippen LogP contribution in [-0.4, -0.2) is 30.0 Å². The molecule has 116 valence electrons. The van der Waals surface area contributed by atoms with E-state index in [1.54, 1.807) is 32.0 Å². The first-order valence-electron chi connectivity index (χ1n) is 6.65. The minimum Gasteiger partial charge on any atom is -0.465 e. The van der Waals surface area contributed by atoms with Crippen LogP contribution in [0.25, 0.3) is 0 Å². The monoisotopic (exact) mass is 376 g/mol. The largest absolute Gasteiger partial charge is 0.465 e. The number of rotatable bonds is 6. The summed E-state index contributed by atoms with van der Waals surface area (Å²) in [5.41, 5.74) is 1.50. The average molecular weight is 378 g/mol. The molecule has 2 atom stereocenters. The van der Waals surface area contributed by atoms with Crippen molar-refractivity contribution in [3.63, 3.8) is 0 Å². The Bertz CT molecular complexity index is 518. The van der Waals surface area contributed by atoms with E-state index in [1.807, 2.05) is 6.92 Å². The standard InChI is InChI=1S/C15H18BrClO4/c1-4-20-14(18)12(13(16)15(19)21-5-2)10-7-6-9(3)11(17)8-10/h6-8,12-13H,4-5H2,1-3H3/t12-,13+/m1/s1. The topological polar surface area (TPSA) is 52.6 Å². The third-order valence-electron chi connectivity index (χ3n) is 2.90. The highest BCUT2D eigenvalue weighted by molar-refractivity contribution is 9.10. The van der Waals surface area contributed by atoms with Gasteiger partial charge in [0.05, 0.1) is 13.2 Å². The van der Waals surface area contributed by atoms with Gasteiger partial charge in [-0.2, -0.15) is 0 Å². The highest BCUT2D eigenvalue weighted by Gasteiger charge is 2.35. The number of alkyl halides is 1. The minimum atomic E-state index is -0.824. The molecule has 0 spiro atoms. The molecular formula is C15H18BrClO4. The van der Waals surface area contributed by atoms with Crippen LogP contribution < -0.4 is 0 Å². The van der Waals surface area contributed by atoms with Crippen molar-refractivity contribution in [1.82, 2.24) is 0 Å². The summed E-state index contributed by atoms with van der Waals surface area (Å²) in [5, 5.41) is 0.533. The van der Waals surface area contributed by atoms with E-state index >= 15 is 0 Å². The molecule has 0 fully saturated rings. The molecule has 4 nitrogen and oxygen atoms in total.